The minimum Gasteiger partial charge on any atom is -0.259 e. The Balaban J connectivity index is 3.15. The van der Waals surface area contributed by atoms with Gasteiger partial charge in [-0.25, -0.2) is 4.39 Å². The summed E-state index contributed by atoms with van der Waals surface area (Å²) < 4.78 is 26.1. The lowest BCUT2D eigenvalue weighted by Gasteiger charge is -2.32. The molecule has 0 saturated heterocycles. The fourth-order valence-corrected chi connectivity index (χ4v) is 3.31. The molecule has 0 aliphatic heterocycles. The van der Waals surface area contributed by atoms with Crippen molar-refractivity contribution in [1.29, 1.82) is 0 Å². The predicted molar refractivity (Wildman–Crippen MR) is 81.3 cm³/mol. The van der Waals surface area contributed by atoms with Crippen LogP contribution in [-0.2, 0) is 16.2 Å². The maximum Gasteiger partial charge on any atom is 0.126 e. The smallest absolute Gasteiger partial charge is 0.126 e. The van der Waals surface area contributed by atoms with E-state index in [2.05, 4.69) is 6.58 Å². The van der Waals surface area contributed by atoms with E-state index >= 15 is 0 Å². The largest absolute Gasteiger partial charge is 0.259 e. The van der Waals surface area contributed by atoms with Crippen molar-refractivity contribution in [2.24, 2.45) is 0 Å². The second kappa shape index (κ2) is 6.00. The lowest BCUT2D eigenvalue weighted by molar-refractivity contribution is 0.488. The van der Waals surface area contributed by atoms with Gasteiger partial charge in [-0.1, -0.05) is 31.2 Å². The van der Waals surface area contributed by atoms with Crippen molar-refractivity contribution in [2.75, 3.05) is 5.75 Å². The van der Waals surface area contributed by atoms with E-state index < -0.39 is 16.2 Å². The zero-order chi connectivity index (χ0) is 14.7. The molecular formula is C16H23FOS. The molecule has 0 spiro atoms. The van der Waals surface area contributed by atoms with Gasteiger partial charge in [0.05, 0.1) is 0 Å². The number of hydrogen-bond acceptors (Lipinski definition) is 1. The highest BCUT2D eigenvalue weighted by molar-refractivity contribution is 7.86. The van der Waals surface area contributed by atoms with Crippen LogP contribution in [0.25, 0.3) is 0 Å². The van der Waals surface area contributed by atoms with Gasteiger partial charge in [0.1, 0.15) is 5.82 Å². The molecule has 1 aromatic carbocycles. The topological polar surface area (TPSA) is 17.1 Å². The Bertz CT molecular complexity index is 476. The third-order valence-corrected chi connectivity index (χ3v) is 5.52. The van der Waals surface area contributed by atoms with Crippen LogP contribution in [0.15, 0.2) is 36.9 Å². The Kier molecular flexibility index (Phi) is 5.08. The van der Waals surface area contributed by atoms with Crippen LogP contribution < -0.4 is 0 Å². The van der Waals surface area contributed by atoms with Crippen molar-refractivity contribution in [2.45, 2.75) is 44.3 Å². The van der Waals surface area contributed by atoms with Gasteiger partial charge in [-0.05, 0) is 38.8 Å². The first-order valence-electron chi connectivity index (χ1n) is 6.45. The van der Waals surface area contributed by atoms with Crippen LogP contribution in [0.3, 0.4) is 0 Å². The van der Waals surface area contributed by atoms with E-state index in [0.717, 1.165) is 0 Å². The number of hydrogen-bond donors (Lipinski definition) is 0. The number of halogens is 1. The highest BCUT2D eigenvalue weighted by Crippen LogP contribution is 2.33. The molecule has 0 amide bonds. The molecular weight excluding hydrogens is 259 g/mol. The molecule has 0 heterocycles. The molecule has 2 atom stereocenters. The van der Waals surface area contributed by atoms with Crippen LogP contribution in [-0.4, -0.2) is 14.7 Å². The third kappa shape index (κ3) is 4.00. The number of allylic oxidation sites excluding steroid dienone is 1. The first kappa shape index (κ1) is 16.1. The van der Waals surface area contributed by atoms with Gasteiger partial charge < -0.3 is 0 Å². The van der Waals surface area contributed by atoms with Gasteiger partial charge in [-0.2, -0.15) is 0 Å². The maximum atomic E-state index is 14.0. The minimum atomic E-state index is -1.03. The van der Waals surface area contributed by atoms with Crippen LogP contribution in [0.2, 0.25) is 0 Å². The Morgan fingerprint density at radius 1 is 1.26 bits per heavy atom. The minimum absolute atomic E-state index is 0.238. The Morgan fingerprint density at radius 2 is 1.84 bits per heavy atom. The van der Waals surface area contributed by atoms with Crippen molar-refractivity contribution >= 4 is 10.8 Å². The third-order valence-electron chi connectivity index (χ3n) is 3.25. The zero-order valence-corrected chi connectivity index (χ0v) is 13.0. The highest BCUT2D eigenvalue weighted by Gasteiger charge is 2.33. The maximum absolute atomic E-state index is 14.0. The van der Waals surface area contributed by atoms with E-state index in [1.165, 1.54) is 6.07 Å². The van der Waals surface area contributed by atoms with Crippen molar-refractivity contribution < 1.29 is 8.60 Å². The molecule has 0 aliphatic rings. The van der Waals surface area contributed by atoms with Gasteiger partial charge in [-0.3, -0.25) is 4.21 Å². The van der Waals surface area contributed by atoms with Gasteiger partial charge in [0.25, 0.3) is 0 Å². The lowest BCUT2D eigenvalue weighted by Crippen LogP contribution is -2.36. The van der Waals surface area contributed by atoms with Crippen LogP contribution in [0.4, 0.5) is 4.39 Å². The average Bonchev–Trinajstić information content (AvgIpc) is 2.28. The molecule has 0 unspecified atom stereocenters. The molecule has 0 bridgehead atoms. The average molecular weight is 282 g/mol. The second-order valence-corrected chi connectivity index (χ2v) is 8.34. The van der Waals surface area contributed by atoms with Crippen molar-refractivity contribution in [1.82, 2.24) is 0 Å². The normalized spacial score (nSPS) is 16.7. The second-order valence-electron chi connectivity index (χ2n) is 6.14. The molecule has 0 radical (unpaired) electrons. The monoisotopic (exact) mass is 282 g/mol. The summed E-state index contributed by atoms with van der Waals surface area (Å²) in [6.45, 7) is 11.5. The molecule has 1 rings (SSSR count). The summed E-state index contributed by atoms with van der Waals surface area (Å²) in [6, 6.07) is 6.73. The highest BCUT2D eigenvalue weighted by atomic mass is 32.2. The molecule has 1 aromatic rings. The van der Waals surface area contributed by atoms with Gasteiger partial charge in [0.2, 0.25) is 0 Å². The van der Waals surface area contributed by atoms with E-state index in [0.29, 0.717) is 17.7 Å². The van der Waals surface area contributed by atoms with Gasteiger partial charge >= 0.3 is 0 Å². The molecule has 19 heavy (non-hydrogen) atoms. The summed E-state index contributed by atoms with van der Waals surface area (Å²) in [6.07, 6.45) is 2.38. The zero-order valence-electron chi connectivity index (χ0n) is 12.2. The van der Waals surface area contributed by atoms with Gasteiger partial charge in [0.15, 0.2) is 0 Å². The number of rotatable bonds is 5. The van der Waals surface area contributed by atoms with E-state index in [1.54, 1.807) is 18.2 Å². The lowest BCUT2D eigenvalue weighted by atomic mass is 9.81. The Labute approximate surface area is 118 Å². The molecule has 0 N–H and O–H groups in total. The molecule has 0 fully saturated rings. The number of benzene rings is 1. The summed E-state index contributed by atoms with van der Waals surface area (Å²) in [5.74, 6) is 0.196. The quantitative estimate of drug-likeness (QED) is 0.739. The van der Waals surface area contributed by atoms with E-state index in [9.17, 15) is 8.60 Å². The summed E-state index contributed by atoms with van der Waals surface area (Å²) in [5, 5.41) is 0. The van der Waals surface area contributed by atoms with Crippen LogP contribution in [0.5, 0.6) is 0 Å². The van der Waals surface area contributed by atoms with Gasteiger partial charge in [0, 0.05) is 26.7 Å². The predicted octanol–water partition coefficient (Wildman–Crippen LogP) is 4.21. The summed E-state index contributed by atoms with van der Waals surface area (Å²) >= 11 is 0. The van der Waals surface area contributed by atoms with Crippen molar-refractivity contribution in [3.05, 3.63) is 48.3 Å². The van der Waals surface area contributed by atoms with Crippen molar-refractivity contribution in [3.8, 4) is 0 Å². The molecule has 106 valence electrons. The SMILES string of the molecule is C=CC[C@](C)(C[S@](=O)C(C)(C)C)c1ccccc1F. The molecule has 0 aromatic heterocycles. The molecule has 0 saturated carbocycles. The standard InChI is InChI=1S/C16H23FOS/c1-6-11-16(5,12-19(18)15(2,3)4)13-9-7-8-10-14(13)17/h6-10H,1,11-12H2,2-5H3/t16-,19+/m1/s1. The molecule has 0 aliphatic carbocycles. The Hall–Kier alpha value is -0.960. The molecule has 3 heteroatoms. The van der Waals surface area contributed by atoms with E-state index in [1.807, 2.05) is 33.8 Å². The Morgan fingerprint density at radius 3 is 2.32 bits per heavy atom. The fraction of sp³-hybridized carbons (Fsp3) is 0.500. The molecule has 1 nitrogen and oxygen atoms in total. The first-order valence-corrected chi connectivity index (χ1v) is 7.77. The van der Waals surface area contributed by atoms with E-state index in [4.69, 9.17) is 0 Å². The van der Waals surface area contributed by atoms with Crippen molar-refractivity contribution in [3.63, 3.8) is 0 Å². The fourth-order valence-electron chi connectivity index (χ4n) is 2.02. The summed E-state index contributed by atoms with van der Waals surface area (Å²) in [5.41, 5.74) is 0.137. The summed E-state index contributed by atoms with van der Waals surface area (Å²) in [7, 11) is -1.03. The van der Waals surface area contributed by atoms with Crippen LogP contribution in [0, 0.1) is 5.82 Å². The van der Waals surface area contributed by atoms with Gasteiger partial charge in [-0.15, -0.1) is 6.58 Å². The summed E-state index contributed by atoms with van der Waals surface area (Å²) in [4.78, 5) is 0. The first-order chi connectivity index (χ1) is 8.70. The van der Waals surface area contributed by atoms with Crippen LogP contribution >= 0.6 is 0 Å². The van der Waals surface area contributed by atoms with E-state index in [-0.39, 0.29) is 10.6 Å². The van der Waals surface area contributed by atoms with Crippen LogP contribution in [0.1, 0.15) is 39.7 Å².